The summed E-state index contributed by atoms with van der Waals surface area (Å²) in [5.41, 5.74) is 8.27. The van der Waals surface area contributed by atoms with Crippen molar-refractivity contribution < 1.29 is 9.63 Å². The zero-order valence-electron chi connectivity index (χ0n) is 16.8. The fourth-order valence-electron chi connectivity index (χ4n) is 3.42. The van der Waals surface area contributed by atoms with Gasteiger partial charge in [0.05, 0.1) is 0 Å². The lowest BCUT2D eigenvalue weighted by atomic mass is 9.77. The summed E-state index contributed by atoms with van der Waals surface area (Å²) in [5.74, 6) is 0. The molecule has 0 spiro atoms. The van der Waals surface area contributed by atoms with Gasteiger partial charge in [0.1, 0.15) is 5.54 Å². The Hall–Kier alpha value is -3.15. The highest BCUT2D eigenvalue weighted by atomic mass is 16.7. The van der Waals surface area contributed by atoms with Crippen LogP contribution in [0.15, 0.2) is 91.0 Å². The van der Waals surface area contributed by atoms with Crippen LogP contribution in [0, 0.1) is 0 Å². The van der Waals surface area contributed by atoms with E-state index in [1.54, 1.807) is 5.06 Å². The molecule has 0 radical (unpaired) electrons. The van der Waals surface area contributed by atoms with Crippen molar-refractivity contribution in [2.24, 2.45) is 0 Å². The van der Waals surface area contributed by atoms with Gasteiger partial charge in [0.15, 0.2) is 0 Å². The largest absolute Gasteiger partial charge is 0.440 e. The van der Waals surface area contributed by atoms with Crippen LogP contribution in [-0.2, 0) is 10.4 Å². The van der Waals surface area contributed by atoms with Gasteiger partial charge < -0.3 is 4.84 Å². The number of benzene rings is 3. The molecule has 0 aromatic heterocycles. The summed E-state index contributed by atoms with van der Waals surface area (Å²) >= 11 is 0. The minimum absolute atomic E-state index is 0.555. The van der Waals surface area contributed by atoms with Crippen LogP contribution in [0.5, 0.6) is 0 Å². The van der Waals surface area contributed by atoms with Crippen LogP contribution in [0.3, 0.4) is 0 Å². The summed E-state index contributed by atoms with van der Waals surface area (Å²) < 4.78 is 0. The van der Waals surface area contributed by atoms with Gasteiger partial charge in [-0.25, -0.2) is 10.2 Å². The lowest BCUT2D eigenvalue weighted by molar-refractivity contribution is -0.0937. The second-order valence-electron chi connectivity index (χ2n) is 6.59. The molecule has 150 valence electrons. The second kappa shape index (κ2) is 9.87. The number of amides is 1. The highest BCUT2D eigenvalue weighted by Gasteiger charge is 2.36. The molecule has 0 saturated carbocycles. The molecule has 0 aliphatic rings. The Morgan fingerprint density at radius 3 is 1.48 bits per heavy atom. The molecule has 0 atom stereocenters. The molecular weight excluding hydrogens is 362 g/mol. The summed E-state index contributed by atoms with van der Waals surface area (Å²) in [6.45, 7) is 5.11. The number of nitrogens with zero attached hydrogens (tertiary/aromatic N) is 1. The van der Waals surface area contributed by atoms with Crippen LogP contribution in [0.1, 0.15) is 30.5 Å². The van der Waals surface area contributed by atoms with Crippen LogP contribution in [-0.4, -0.2) is 24.2 Å². The van der Waals surface area contributed by atoms with E-state index in [1.807, 2.05) is 105 Å². The molecule has 0 bridgehead atoms. The maximum atomic E-state index is 12.5. The predicted octanol–water partition coefficient (Wildman–Crippen LogP) is 4.47. The lowest BCUT2D eigenvalue weighted by Gasteiger charge is -2.36. The zero-order valence-corrected chi connectivity index (χ0v) is 16.8. The molecule has 3 rings (SSSR count). The third kappa shape index (κ3) is 4.65. The van der Waals surface area contributed by atoms with Crippen molar-refractivity contribution in [3.05, 3.63) is 108 Å². The standard InChI is InChI=1S/C24H27N3O2/c1-3-27(4-2)29-23(28)25-26-24(20-14-8-5-9-15-20,21-16-10-6-11-17-21)22-18-12-7-13-19-22/h5-19,26H,3-4H2,1-2H3,(H,25,28). The van der Waals surface area contributed by atoms with Crippen molar-refractivity contribution in [2.75, 3.05) is 13.1 Å². The predicted molar refractivity (Wildman–Crippen MR) is 115 cm³/mol. The number of hydrogen-bond donors (Lipinski definition) is 2. The van der Waals surface area contributed by atoms with Gasteiger partial charge in [0, 0.05) is 13.1 Å². The fraction of sp³-hybridized carbons (Fsp3) is 0.208. The van der Waals surface area contributed by atoms with Crippen LogP contribution < -0.4 is 10.9 Å². The number of hydrazine groups is 1. The number of hydroxylamine groups is 2. The summed E-state index contributed by atoms with van der Waals surface area (Å²) in [6, 6.07) is 30.2. The molecule has 5 nitrogen and oxygen atoms in total. The quantitative estimate of drug-likeness (QED) is 0.441. The first-order valence-electron chi connectivity index (χ1n) is 9.87. The highest BCUT2D eigenvalue weighted by molar-refractivity contribution is 5.66. The van der Waals surface area contributed by atoms with E-state index in [4.69, 9.17) is 4.84 Å². The zero-order chi connectivity index (χ0) is 20.5. The Kier molecular flexibility index (Phi) is 7.00. The Bertz CT molecular complexity index is 785. The Morgan fingerprint density at radius 1 is 0.759 bits per heavy atom. The molecule has 0 unspecified atom stereocenters. The number of nitrogens with one attached hydrogen (secondary N) is 2. The molecule has 5 heteroatoms. The fourth-order valence-corrected chi connectivity index (χ4v) is 3.42. The number of carbonyl (C=O) groups excluding carboxylic acids is 1. The van der Waals surface area contributed by atoms with E-state index in [1.165, 1.54) is 0 Å². The summed E-state index contributed by atoms with van der Waals surface area (Å²) in [5, 5.41) is 1.59. The normalized spacial score (nSPS) is 11.3. The number of hydrogen-bond acceptors (Lipinski definition) is 4. The van der Waals surface area contributed by atoms with Crippen molar-refractivity contribution in [3.63, 3.8) is 0 Å². The van der Waals surface area contributed by atoms with Gasteiger partial charge in [-0.05, 0) is 30.5 Å². The van der Waals surface area contributed by atoms with Crippen LogP contribution >= 0.6 is 0 Å². The van der Waals surface area contributed by atoms with Crippen LogP contribution in [0.25, 0.3) is 0 Å². The Morgan fingerprint density at radius 2 is 1.14 bits per heavy atom. The second-order valence-corrected chi connectivity index (χ2v) is 6.59. The van der Waals surface area contributed by atoms with Gasteiger partial charge in [-0.2, -0.15) is 0 Å². The van der Waals surface area contributed by atoms with E-state index in [0.29, 0.717) is 13.1 Å². The summed E-state index contributed by atoms with van der Waals surface area (Å²) in [6.07, 6.45) is -0.555. The molecule has 0 aliphatic carbocycles. The average Bonchev–Trinajstić information content (AvgIpc) is 2.80. The smallest absolute Gasteiger partial charge is 0.350 e. The van der Waals surface area contributed by atoms with E-state index in [-0.39, 0.29) is 0 Å². The summed E-state index contributed by atoms with van der Waals surface area (Å²) in [4.78, 5) is 17.8. The van der Waals surface area contributed by atoms with Crippen molar-refractivity contribution in [1.82, 2.24) is 15.9 Å². The molecule has 1 amide bonds. The van der Waals surface area contributed by atoms with Crippen molar-refractivity contribution in [3.8, 4) is 0 Å². The minimum atomic E-state index is -0.786. The van der Waals surface area contributed by atoms with Crippen molar-refractivity contribution >= 4 is 6.09 Å². The third-order valence-corrected chi connectivity index (χ3v) is 4.89. The number of carbonyl (C=O) groups is 1. The molecular formula is C24H27N3O2. The molecule has 0 aliphatic heterocycles. The Balaban J connectivity index is 2.04. The monoisotopic (exact) mass is 389 g/mol. The van der Waals surface area contributed by atoms with Gasteiger partial charge in [0.2, 0.25) is 0 Å². The van der Waals surface area contributed by atoms with E-state index in [0.717, 1.165) is 16.7 Å². The molecule has 29 heavy (non-hydrogen) atoms. The molecule has 0 saturated heterocycles. The van der Waals surface area contributed by atoms with Gasteiger partial charge in [0.25, 0.3) is 0 Å². The molecule has 0 fully saturated rings. The van der Waals surface area contributed by atoms with Crippen LogP contribution in [0.4, 0.5) is 4.79 Å². The lowest BCUT2D eigenvalue weighted by Crippen LogP contribution is -2.54. The van der Waals surface area contributed by atoms with E-state index < -0.39 is 11.6 Å². The van der Waals surface area contributed by atoms with Gasteiger partial charge in [-0.1, -0.05) is 91.0 Å². The van der Waals surface area contributed by atoms with Gasteiger partial charge in [-0.3, -0.25) is 5.43 Å². The average molecular weight is 389 g/mol. The maximum absolute atomic E-state index is 12.5. The van der Waals surface area contributed by atoms with Crippen molar-refractivity contribution in [2.45, 2.75) is 19.4 Å². The highest BCUT2D eigenvalue weighted by Crippen LogP contribution is 2.36. The molecule has 3 aromatic rings. The first-order chi connectivity index (χ1) is 14.2. The minimum Gasteiger partial charge on any atom is -0.350 e. The topological polar surface area (TPSA) is 53.6 Å². The molecule has 2 N–H and O–H groups in total. The number of rotatable bonds is 8. The maximum Gasteiger partial charge on any atom is 0.440 e. The molecule has 3 aromatic carbocycles. The molecule has 0 heterocycles. The first kappa shape index (κ1) is 20.6. The van der Waals surface area contributed by atoms with Crippen molar-refractivity contribution in [1.29, 1.82) is 0 Å². The summed E-state index contributed by atoms with van der Waals surface area (Å²) in [7, 11) is 0. The van der Waals surface area contributed by atoms with Gasteiger partial charge in [-0.15, -0.1) is 5.06 Å². The van der Waals surface area contributed by atoms with E-state index in [9.17, 15) is 4.79 Å². The third-order valence-electron chi connectivity index (χ3n) is 4.89. The Labute approximate surface area is 172 Å². The van der Waals surface area contributed by atoms with E-state index >= 15 is 0 Å². The van der Waals surface area contributed by atoms with Crippen LogP contribution in [0.2, 0.25) is 0 Å². The van der Waals surface area contributed by atoms with Gasteiger partial charge >= 0.3 is 6.09 Å². The van der Waals surface area contributed by atoms with E-state index in [2.05, 4.69) is 10.9 Å². The SMILES string of the molecule is CCN(CC)OC(=O)NNC(c1ccccc1)(c1ccccc1)c1ccccc1. The first-order valence-corrected chi connectivity index (χ1v) is 9.87.